The van der Waals surface area contributed by atoms with Crippen LogP contribution < -0.4 is 0 Å². The number of carboxylic acids is 2. The number of halogens is 1. The van der Waals surface area contributed by atoms with Crippen LogP contribution in [0.5, 0.6) is 0 Å². The maximum atomic E-state index is 13.6. The smallest absolute Gasteiger partial charge is 0.336 e. The lowest BCUT2D eigenvalue weighted by Gasteiger charge is -2.08. The first kappa shape index (κ1) is 19.8. The van der Waals surface area contributed by atoms with Crippen LogP contribution in [-0.4, -0.2) is 42.3 Å². The van der Waals surface area contributed by atoms with Crippen LogP contribution >= 0.6 is 0 Å². The Labute approximate surface area is 173 Å². The summed E-state index contributed by atoms with van der Waals surface area (Å²) in [6.07, 6.45) is 2.80. The van der Waals surface area contributed by atoms with E-state index in [0.29, 0.717) is 17.0 Å². The van der Waals surface area contributed by atoms with Crippen molar-refractivity contribution in [2.75, 3.05) is 0 Å². The number of nitrogens with zero attached hydrogens (tertiary/aromatic N) is 4. The molecule has 0 unspecified atom stereocenters. The summed E-state index contributed by atoms with van der Waals surface area (Å²) in [6, 6.07) is 7.82. The molecule has 154 valence electrons. The number of benzene rings is 2. The maximum absolute atomic E-state index is 13.6. The van der Waals surface area contributed by atoms with E-state index >= 15 is 0 Å². The van der Waals surface area contributed by atoms with Crippen molar-refractivity contribution in [2.45, 2.75) is 6.92 Å². The minimum absolute atomic E-state index is 0.0251. The summed E-state index contributed by atoms with van der Waals surface area (Å²) in [5.41, 5.74) is 1.09. The molecule has 2 aromatic heterocycles. The number of hydrogen-bond donors (Lipinski definition) is 2. The fourth-order valence-corrected chi connectivity index (χ4v) is 3.00. The number of aromatic nitrogens is 4. The zero-order valence-electron chi connectivity index (χ0n) is 15.9. The van der Waals surface area contributed by atoms with Crippen LogP contribution in [0.25, 0.3) is 34.0 Å². The van der Waals surface area contributed by atoms with E-state index in [4.69, 9.17) is 4.42 Å². The predicted molar refractivity (Wildman–Crippen MR) is 105 cm³/mol. The van der Waals surface area contributed by atoms with Crippen LogP contribution in [-0.2, 0) is 0 Å². The molecule has 10 heteroatoms. The van der Waals surface area contributed by atoms with Gasteiger partial charge in [-0.3, -0.25) is 0 Å². The van der Waals surface area contributed by atoms with E-state index in [9.17, 15) is 24.2 Å². The van der Waals surface area contributed by atoms with Crippen LogP contribution in [0.3, 0.4) is 0 Å². The molecule has 0 amide bonds. The second kappa shape index (κ2) is 7.75. The molecule has 4 rings (SSSR count). The van der Waals surface area contributed by atoms with Crippen molar-refractivity contribution in [3.8, 4) is 34.0 Å². The van der Waals surface area contributed by atoms with Crippen molar-refractivity contribution >= 4 is 11.9 Å². The lowest BCUT2D eigenvalue weighted by Crippen LogP contribution is -2.03. The highest BCUT2D eigenvalue weighted by Gasteiger charge is 2.19. The first-order chi connectivity index (χ1) is 14.8. The lowest BCUT2D eigenvalue weighted by molar-refractivity contribution is 0.0686. The number of hydrogen-bond acceptors (Lipinski definition) is 7. The highest BCUT2D eigenvalue weighted by atomic mass is 19.1. The number of rotatable bonds is 5. The number of carboxylic acid groups (broad SMARTS) is 2. The summed E-state index contributed by atoms with van der Waals surface area (Å²) in [4.78, 5) is 31.4. The van der Waals surface area contributed by atoms with Gasteiger partial charge < -0.3 is 14.6 Å². The average Bonchev–Trinajstić information content (AvgIpc) is 3.19. The Morgan fingerprint density at radius 3 is 2.19 bits per heavy atom. The number of carbonyl (C=O) groups is 2. The fraction of sp³-hybridized carbons (Fsp3) is 0.0476. The van der Waals surface area contributed by atoms with Gasteiger partial charge in [0, 0.05) is 30.4 Å². The molecule has 0 aliphatic heterocycles. The molecule has 2 heterocycles. The van der Waals surface area contributed by atoms with Gasteiger partial charge in [-0.2, -0.15) is 0 Å². The molecule has 2 aromatic carbocycles. The van der Waals surface area contributed by atoms with Gasteiger partial charge in [0.1, 0.15) is 5.82 Å². The van der Waals surface area contributed by atoms with E-state index in [1.165, 1.54) is 24.5 Å². The van der Waals surface area contributed by atoms with Crippen molar-refractivity contribution in [3.05, 3.63) is 71.6 Å². The molecule has 0 aliphatic carbocycles. The molecule has 0 radical (unpaired) electrons. The van der Waals surface area contributed by atoms with E-state index in [1.807, 2.05) is 0 Å². The zero-order chi connectivity index (χ0) is 22.1. The minimum Gasteiger partial charge on any atom is -0.478 e. The maximum Gasteiger partial charge on any atom is 0.336 e. The predicted octanol–water partition coefficient (Wildman–Crippen LogP) is 3.70. The van der Waals surface area contributed by atoms with Gasteiger partial charge in [0.25, 0.3) is 0 Å². The van der Waals surface area contributed by atoms with Gasteiger partial charge >= 0.3 is 11.9 Å². The van der Waals surface area contributed by atoms with Crippen LogP contribution in [0.4, 0.5) is 4.39 Å². The molecule has 0 saturated carbocycles. The third kappa shape index (κ3) is 3.86. The molecule has 0 bridgehead atoms. The quantitative estimate of drug-likeness (QED) is 0.494. The van der Waals surface area contributed by atoms with Gasteiger partial charge in [0.2, 0.25) is 11.8 Å². The largest absolute Gasteiger partial charge is 0.478 e. The molecule has 2 N–H and O–H groups in total. The summed E-state index contributed by atoms with van der Waals surface area (Å²) in [5.74, 6) is -2.63. The van der Waals surface area contributed by atoms with Crippen LogP contribution in [0.2, 0.25) is 0 Å². The van der Waals surface area contributed by atoms with Crippen molar-refractivity contribution in [1.29, 1.82) is 0 Å². The van der Waals surface area contributed by atoms with Crippen molar-refractivity contribution in [1.82, 2.24) is 20.2 Å². The van der Waals surface area contributed by atoms with Gasteiger partial charge in [-0.1, -0.05) is 6.07 Å². The highest BCUT2D eigenvalue weighted by Crippen LogP contribution is 2.29. The average molecular weight is 420 g/mol. The summed E-state index contributed by atoms with van der Waals surface area (Å²) in [5, 5.41) is 26.5. The molecule has 4 aromatic rings. The molecule has 0 spiro atoms. The zero-order valence-corrected chi connectivity index (χ0v) is 15.9. The molecular weight excluding hydrogens is 407 g/mol. The monoisotopic (exact) mass is 420 g/mol. The normalized spacial score (nSPS) is 10.8. The SMILES string of the molecule is Cc1nnc(-c2ccc(-c3cnc(-c4cc(F)ccc4C(=O)O)nc3)cc2C(=O)O)o1. The Morgan fingerprint density at radius 2 is 1.58 bits per heavy atom. The molecule has 0 atom stereocenters. The van der Waals surface area contributed by atoms with Gasteiger partial charge in [0.15, 0.2) is 5.82 Å². The lowest BCUT2D eigenvalue weighted by atomic mass is 10.0. The van der Waals surface area contributed by atoms with E-state index in [1.54, 1.807) is 13.0 Å². The fourth-order valence-electron chi connectivity index (χ4n) is 3.00. The third-order valence-electron chi connectivity index (χ3n) is 4.44. The van der Waals surface area contributed by atoms with Gasteiger partial charge in [-0.05, 0) is 35.9 Å². The van der Waals surface area contributed by atoms with Gasteiger partial charge in [0.05, 0.1) is 16.7 Å². The van der Waals surface area contributed by atoms with Crippen LogP contribution in [0, 0.1) is 12.7 Å². The van der Waals surface area contributed by atoms with E-state index < -0.39 is 17.8 Å². The van der Waals surface area contributed by atoms with E-state index in [0.717, 1.165) is 18.2 Å². The molecule has 0 fully saturated rings. The Kier molecular flexibility index (Phi) is 4.96. The molecule has 9 nitrogen and oxygen atoms in total. The Morgan fingerprint density at radius 1 is 0.871 bits per heavy atom. The van der Waals surface area contributed by atoms with Crippen LogP contribution in [0.15, 0.2) is 53.2 Å². The minimum atomic E-state index is -1.24. The first-order valence-electron chi connectivity index (χ1n) is 8.87. The standard InChI is InChI=1S/C21H13FN4O5/c1-10-25-26-19(31-10)14-4-2-11(6-17(14)21(29)30)12-8-23-18(24-9-12)16-7-13(22)3-5-15(16)20(27)28/h2-9H,1H3,(H,27,28)(H,29,30). The molecule has 31 heavy (non-hydrogen) atoms. The van der Waals surface area contributed by atoms with E-state index in [2.05, 4.69) is 20.2 Å². The van der Waals surface area contributed by atoms with Crippen molar-refractivity contribution in [2.24, 2.45) is 0 Å². The van der Waals surface area contributed by atoms with E-state index in [-0.39, 0.29) is 34.0 Å². The summed E-state index contributed by atoms with van der Waals surface area (Å²) in [6.45, 7) is 1.60. The summed E-state index contributed by atoms with van der Waals surface area (Å²) >= 11 is 0. The highest BCUT2D eigenvalue weighted by molar-refractivity contribution is 5.97. The Balaban J connectivity index is 1.73. The second-order valence-electron chi connectivity index (χ2n) is 6.48. The first-order valence-corrected chi connectivity index (χ1v) is 8.87. The topological polar surface area (TPSA) is 139 Å². The molecule has 0 aliphatic rings. The molecule has 0 saturated heterocycles. The second-order valence-corrected chi connectivity index (χ2v) is 6.48. The van der Waals surface area contributed by atoms with Crippen LogP contribution in [0.1, 0.15) is 26.6 Å². The number of aromatic carboxylic acids is 2. The third-order valence-corrected chi connectivity index (χ3v) is 4.44. The summed E-state index contributed by atoms with van der Waals surface area (Å²) < 4.78 is 18.9. The Hall–Kier alpha value is -4.47. The Bertz CT molecular complexity index is 1320. The van der Waals surface area contributed by atoms with Crippen molar-refractivity contribution < 1.29 is 28.6 Å². The van der Waals surface area contributed by atoms with Crippen molar-refractivity contribution in [3.63, 3.8) is 0 Å². The summed E-state index contributed by atoms with van der Waals surface area (Å²) in [7, 11) is 0. The van der Waals surface area contributed by atoms with Gasteiger partial charge in [-0.25, -0.2) is 23.9 Å². The number of aryl methyl sites for hydroxylation is 1. The van der Waals surface area contributed by atoms with Gasteiger partial charge in [-0.15, -0.1) is 10.2 Å². The molecular formula is C21H13FN4O5.